The Hall–Kier alpha value is -7.06. The van der Waals surface area contributed by atoms with Gasteiger partial charge < -0.3 is 10.3 Å². The summed E-state index contributed by atoms with van der Waals surface area (Å²) < 4.78 is 0. The zero-order chi connectivity index (χ0) is 35.7. The van der Waals surface area contributed by atoms with E-state index in [0.717, 1.165) is 0 Å². The average molecular weight is 676 g/mol. The third-order valence-electron chi connectivity index (χ3n) is 9.12. The molecule has 0 aliphatic heterocycles. The fraction of sp³-hybridized carbons (Fsp3) is 0. The van der Waals surface area contributed by atoms with E-state index < -0.39 is 0 Å². The lowest BCUT2D eigenvalue weighted by Gasteiger charge is -2.12. The van der Waals surface area contributed by atoms with E-state index >= 15 is 0 Å². The normalized spacial score (nSPS) is 10.1. The molecule has 0 amide bonds. The van der Waals surface area contributed by atoms with Gasteiger partial charge in [-0.25, -0.2) is 0 Å². The summed E-state index contributed by atoms with van der Waals surface area (Å²) >= 11 is 0. The molecule has 0 spiro atoms. The van der Waals surface area contributed by atoms with Crippen LogP contribution < -0.4 is 0 Å². The van der Waals surface area contributed by atoms with Gasteiger partial charge in [-0.15, -0.1) is 0 Å². The zero-order valence-electron chi connectivity index (χ0n) is 28.4. The Kier molecular flexibility index (Phi) is 11.5. The minimum absolute atomic E-state index is 0. The van der Waals surface area contributed by atoms with E-state index in [0.29, 0.717) is 0 Å². The average Bonchev–Trinajstić information content (AvgIpc) is 3.20. The Balaban J connectivity index is 0.000000162. The van der Waals surface area contributed by atoms with Gasteiger partial charge in [0.2, 0.25) is 0 Å². The van der Waals surface area contributed by atoms with Crippen molar-refractivity contribution in [2.45, 2.75) is 0 Å². The summed E-state index contributed by atoms with van der Waals surface area (Å²) in [5.74, 6) is 0. The molecule has 0 aliphatic carbocycles. The summed E-state index contributed by atoms with van der Waals surface area (Å²) in [5.41, 5.74) is 0. The van der Waals surface area contributed by atoms with Crippen molar-refractivity contribution in [1.29, 1.82) is 0 Å². The zero-order valence-corrected chi connectivity index (χ0v) is 28.4. The van der Waals surface area contributed by atoms with Gasteiger partial charge in [0.05, 0.1) is 6.08 Å². The van der Waals surface area contributed by atoms with Gasteiger partial charge in [0.25, 0.3) is 0 Å². The molecule has 0 bridgehead atoms. The molecule has 4 nitrogen and oxygen atoms in total. The van der Waals surface area contributed by atoms with Crippen molar-refractivity contribution in [3.05, 3.63) is 183 Å². The van der Waals surface area contributed by atoms with E-state index in [1.807, 2.05) is 6.79 Å². The van der Waals surface area contributed by atoms with Crippen LogP contribution in [-0.2, 0) is 14.4 Å². The van der Waals surface area contributed by atoms with Crippen molar-refractivity contribution >= 4 is 99.1 Å². The highest BCUT2D eigenvalue weighted by molar-refractivity contribution is 6.29. The molecule has 0 unspecified atom stereocenters. The fourth-order valence-electron chi connectivity index (χ4n) is 7.08. The highest BCUT2D eigenvalue weighted by Crippen LogP contribution is 2.39. The largest absolute Gasteiger partial charge is 0.412 e. The Labute approximate surface area is 301 Å². The van der Waals surface area contributed by atoms with Crippen molar-refractivity contribution in [1.82, 2.24) is 0 Å². The van der Waals surface area contributed by atoms with Crippen LogP contribution in [0.25, 0.3) is 86.2 Å². The molecule has 0 saturated heterocycles. The summed E-state index contributed by atoms with van der Waals surface area (Å²) in [4.78, 5) is 24.2. The molecule has 0 radical (unpaired) electrons. The predicted molar refractivity (Wildman–Crippen MR) is 219 cm³/mol. The SMILES string of the molecule is C=O.O.O=C=O.[CH+]=CC=C.c1ccc2c(c1)cc1ccc3cccc4ccc2c1c34.c1ccc2cc3c4ccccc4c4ccccc4c3cc2c1. The molecule has 0 heterocycles. The van der Waals surface area contributed by atoms with Gasteiger partial charge in [0.1, 0.15) is 6.79 Å². The molecule has 10 aromatic rings. The van der Waals surface area contributed by atoms with Gasteiger partial charge >= 0.3 is 6.15 Å². The summed E-state index contributed by atoms with van der Waals surface area (Å²) in [5, 5.41) is 21.4. The van der Waals surface area contributed by atoms with Crippen molar-refractivity contribution in [2.75, 3.05) is 0 Å². The Morgan fingerprint density at radius 3 is 1.25 bits per heavy atom. The molecule has 250 valence electrons. The van der Waals surface area contributed by atoms with E-state index in [4.69, 9.17) is 21.0 Å². The molecule has 2 N–H and O–H groups in total. The van der Waals surface area contributed by atoms with E-state index in [1.165, 1.54) is 98.3 Å². The molecular weight excluding hydrogens is 641 g/mol. The lowest BCUT2D eigenvalue weighted by Crippen LogP contribution is -1.85. The van der Waals surface area contributed by atoms with E-state index in [1.54, 1.807) is 0 Å². The lowest BCUT2D eigenvalue weighted by molar-refractivity contribution is -0.191. The number of carbonyl (C=O) groups is 1. The van der Waals surface area contributed by atoms with Gasteiger partial charge in [0, 0.05) is 6.58 Å². The van der Waals surface area contributed by atoms with Gasteiger partial charge in [0.15, 0.2) is 6.08 Å². The third kappa shape index (κ3) is 6.73. The van der Waals surface area contributed by atoms with Crippen LogP contribution in [0.1, 0.15) is 0 Å². The molecule has 0 aliphatic rings. The molecule has 0 fully saturated rings. The van der Waals surface area contributed by atoms with Gasteiger partial charge in [-0.3, -0.25) is 0 Å². The van der Waals surface area contributed by atoms with Crippen molar-refractivity contribution in [3.8, 4) is 0 Å². The van der Waals surface area contributed by atoms with Crippen LogP contribution >= 0.6 is 0 Å². The maximum Gasteiger partial charge on any atom is 0.373 e. The minimum atomic E-state index is 0. The highest BCUT2D eigenvalue weighted by atomic mass is 16.2. The molecule has 0 aromatic heterocycles. The summed E-state index contributed by atoms with van der Waals surface area (Å²) in [7, 11) is 0. The number of hydrogen-bond donors (Lipinski definition) is 0. The van der Waals surface area contributed by atoms with Gasteiger partial charge in [-0.05, 0) is 111 Å². The second-order valence-corrected chi connectivity index (χ2v) is 11.8. The first-order valence-corrected chi connectivity index (χ1v) is 16.4. The summed E-state index contributed by atoms with van der Waals surface area (Å²) in [6, 6.07) is 57.2. The van der Waals surface area contributed by atoms with Crippen LogP contribution in [0.4, 0.5) is 0 Å². The van der Waals surface area contributed by atoms with E-state index in [-0.39, 0.29) is 11.6 Å². The molecular formula is C48H35O4+. The quantitative estimate of drug-likeness (QED) is 0.0751. The number of hydrogen-bond acceptors (Lipinski definition) is 3. The Bertz CT molecular complexity index is 2750. The molecule has 0 atom stereocenters. The first kappa shape index (κ1) is 36.2. The molecule has 52 heavy (non-hydrogen) atoms. The predicted octanol–water partition coefficient (Wildman–Crippen LogP) is 11.6. The Morgan fingerprint density at radius 2 is 0.769 bits per heavy atom. The van der Waals surface area contributed by atoms with Crippen molar-refractivity contribution in [3.63, 3.8) is 0 Å². The number of rotatable bonds is 1. The summed E-state index contributed by atoms with van der Waals surface area (Å²) in [6.07, 6.45) is 3.17. The third-order valence-corrected chi connectivity index (χ3v) is 9.12. The minimum Gasteiger partial charge on any atom is -0.412 e. The lowest BCUT2D eigenvalue weighted by atomic mass is 9.91. The number of benzene rings is 10. The highest BCUT2D eigenvalue weighted by Gasteiger charge is 2.11. The first-order valence-electron chi connectivity index (χ1n) is 16.4. The molecule has 10 aromatic carbocycles. The molecule has 0 saturated carbocycles. The second-order valence-electron chi connectivity index (χ2n) is 11.8. The molecule has 4 heteroatoms. The van der Waals surface area contributed by atoms with Crippen LogP contribution in [0.3, 0.4) is 0 Å². The maximum absolute atomic E-state index is 8.12. The second kappa shape index (κ2) is 16.6. The topological polar surface area (TPSA) is 82.7 Å². The number of carbonyl (C=O) groups excluding carboxylic acids is 3. The van der Waals surface area contributed by atoms with Crippen LogP contribution in [0, 0.1) is 6.58 Å². The first-order chi connectivity index (χ1) is 25.2. The summed E-state index contributed by atoms with van der Waals surface area (Å²) in [6.45, 7) is 10.1. The van der Waals surface area contributed by atoms with Crippen LogP contribution in [-0.4, -0.2) is 18.4 Å². The standard InChI is InChI=1S/C22H14.C20H12.C4H5.CO2.CH2O.H2O/c1-2-8-16-14-22-20-12-6-4-10-18(20)17-9-3-5-11-19(17)21(22)13-15(16)7-1;1-2-7-17-15(4-1)12-16-9-8-13-5-3-6-14-10-11-18(17)20(16)19(13)14;1-3-4-2;2-1-3;1-2;/h1-14H;1-12H;1,3-4H,2H2;;1H2;1H2/q;;+1;;;. The van der Waals surface area contributed by atoms with Crippen molar-refractivity contribution in [2.24, 2.45) is 0 Å². The smallest absolute Gasteiger partial charge is 0.373 e. The van der Waals surface area contributed by atoms with Crippen LogP contribution in [0.2, 0.25) is 0 Å². The van der Waals surface area contributed by atoms with Gasteiger partial charge in [-0.2, -0.15) is 9.59 Å². The van der Waals surface area contributed by atoms with Crippen LogP contribution in [0.15, 0.2) is 176 Å². The molecule has 10 rings (SSSR count). The Morgan fingerprint density at radius 1 is 0.404 bits per heavy atom. The fourth-order valence-corrected chi connectivity index (χ4v) is 7.08. The van der Waals surface area contributed by atoms with Crippen LogP contribution in [0.5, 0.6) is 0 Å². The van der Waals surface area contributed by atoms with E-state index in [9.17, 15) is 0 Å². The van der Waals surface area contributed by atoms with Crippen molar-refractivity contribution < 1.29 is 19.9 Å². The monoisotopic (exact) mass is 675 g/mol. The number of allylic oxidation sites excluding steroid dienone is 2. The number of fused-ring (bicyclic) bond motifs is 9. The van der Waals surface area contributed by atoms with E-state index in [2.05, 4.69) is 164 Å². The maximum atomic E-state index is 8.12. The van der Waals surface area contributed by atoms with Gasteiger partial charge in [-0.1, -0.05) is 140 Å².